The molecule has 3 aromatic rings. The van der Waals surface area contributed by atoms with Crippen LogP contribution < -0.4 is 9.62 Å². The van der Waals surface area contributed by atoms with Crippen LogP contribution in [-0.2, 0) is 14.8 Å². The molecular formula is C25H27ClN2O3S. The van der Waals surface area contributed by atoms with Crippen LogP contribution in [0.15, 0.2) is 71.6 Å². The van der Waals surface area contributed by atoms with Crippen molar-refractivity contribution in [3.8, 4) is 0 Å². The third-order valence-corrected chi connectivity index (χ3v) is 7.21. The largest absolute Gasteiger partial charge is 0.325 e. The van der Waals surface area contributed by atoms with E-state index >= 15 is 0 Å². The van der Waals surface area contributed by atoms with Crippen molar-refractivity contribution in [2.45, 2.75) is 38.5 Å². The number of benzene rings is 3. The molecule has 0 aromatic heterocycles. The predicted molar refractivity (Wildman–Crippen MR) is 131 cm³/mol. The molecule has 0 fully saturated rings. The Morgan fingerprint density at radius 3 is 2.19 bits per heavy atom. The number of carbonyl (C=O) groups excluding carboxylic acids is 1. The molecule has 0 aliphatic carbocycles. The highest BCUT2D eigenvalue weighted by Crippen LogP contribution is 2.29. The first kappa shape index (κ1) is 23.8. The Morgan fingerprint density at radius 2 is 1.59 bits per heavy atom. The Balaban J connectivity index is 1.94. The molecule has 0 bridgehead atoms. The van der Waals surface area contributed by atoms with Gasteiger partial charge in [-0.2, -0.15) is 0 Å². The van der Waals surface area contributed by atoms with Gasteiger partial charge >= 0.3 is 0 Å². The second-order valence-electron chi connectivity index (χ2n) is 8.08. The molecule has 0 aliphatic heterocycles. The monoisotopic (exact) mass is 470 g/mol. The molecule has 0 heterocycles. The van der Waals surface area contributed by atoms with Crippen LogP contribution in [0.3, 0.4) is 0 Å². The van der Waals surface area contributed by atoms with E-state index in [1.54, 1.807) is 49.4 Å². The summed E-state index contributed by atoms with van der Waals surface area (Å²) in [6.45, 7) is 7.46. The highest BCUT2D eigenvalue weighted by Gasteiger charge is 2.28. The average Bonchev–Trinajstić information content (AvgIpc) is 2.74. The van der Waals surface area contributed by atoms with E-state index in [4.69, 9.17) is 11.6 Å². The lowest BCUT2D eigenvalue weighted by atomic mass is 10.0. The number of rotatable bonds is 7. The molecule has 3 aromatic carbocycles. The molecule has 0 saturated carbocycles. The van der Waals surface area contributed by atoms with Crippen molar-refractivity contribution >= 4 is 38.9 Å². The molecule has 0 aliphatic rings. The van der Waals surface area contributed by atoms with E-state index in [0.717, 1.165) is 15.4 Å². The topological polar surface area (TPSA) is 66.5 Å². The van der Waals surface area contributed by atoms with E-state index in [2.05, 4.69) is 19.2 Å². The van der Waals surface area contributed by atoms with E-state index < -0.39 is 15.9 Å². The summed E-state index contributed by atoms with van der Waals surface area (Å²) >= 11 is 6.16. The van der Waals surface area contributed by atoms with Gasteiger partial charge in [0.25, 0.3) is 10.0 Å². The van der Waals surface area contributed by atoms with E-state index in [9.17, 15) is 13.2 Å². The van der Waals surface area contributed by atoms with Crippen LogP contribution in [0.1, 0.15) is 36.5 Å². The summed E-state index contributed by atoms with van der Waals surface area (Å²) in [5.41, 5.74) is 3.76. The minimum absolute atomic E-state index is 0.108. The molecule has 168 valence electrons. The van der Waals surface area contributed by atoms with Crippen molar-refractivity contribution in [2.24, 2.45) is 0 Å². The van der Waals surface area contributed by atoms with Gasteiger partial charge in [-0.1, -0.05) is 61.3 Å². The van der Waals surface area contributed by atoms with E-state index in [-0.39, 0.29) is 11.4 Å². The number of halogens is 1. The normalized spacial score (nSPS) is 11.4. The van der Waals surface area contributed by atoms with Gasteiger partial charge in [-0.3, -0.25) is 9.10 Å². The van der Waals surface area contributed by atoms with Crippen LogP contribution in [0, 0.1) is 13.8 Å². The van der Waals surface area contributed by atoms with Gasteiger partial charge in [0.05, 0.1) is 10.6 Å². The minimum atomic E-state index is -4.00. The molecule has 32 heavy (non-hydrogen) atoms. The van der Waals surface area contributed by atoms with Crippen molar-refractivity contribution < 1.29 is 13.2 Å². The number of nitrogens with zero attached hydrogens (tertiary/aromatic N) is 1. The van der Waals surface area contributed by atoms with Gasteiger partial charge in [0.1, 0.15) is 6.54 Å². The number of sulfonamides is 1. The minimum Gasteiger partial charge on any atom is -0.325 e. The van der Waals surface area contributed by atoms with Crippen molar-refractivity contribution in [3.05, 3.63) is 88.4 Å². The van der Waals surface area contributed by atoms with E-state index in [1.165, 1.54) is 0 Å². The Kier molecular flexibility index (Phi) is 7.26. The fourth-order valence-corrected chi connectivity index (χ4v) is 4.91. The number of aryl methyl sites for hydroxylation is 2. The molecule has 3 rings (SSSR count). The SMILES string of the molecule is Cc1ccc(S(=O)(=O)N(CC(=O)Nc2ccc(C(C)C)cc2)c2cc(Cl)ccc2C)cc1. The van der Waals surface area contributed by atoms with E-state index in [1.807, 2.05) is 31.2 Å². The molecule has 0 spiro atoms. The van der Waals surface area contributed by atoms with Gasteiger partial charge in [0.15, 0.2) is 0 Å². The Bertz CT molecular complexity index is 1200. The van der Waals surface area contributed by atoms with Crippen molar-refractivity contribution in [3.63, 3.8) is 0 Å². The van der Waals surface area contributed by atoms with Gasteiger partial charge < -0.3 is 5.32 Å². The number of amides is 1. The van der Waals surface area contributed by atoms with Gasteiger partial charge in [-0.15, -0.1) is 0 Å². The van der Waals surface area contributed by atoms with Crippen LogP contribution in [0.2, 0.25) is 5.02 Å². The summed E-state index contributed by atoms with van der Waals surface area (Å²) in [4.78, 5) is 13.0. The lowest BCUT2D eigenvalue weighted by Gasteiger charge is -2.26. The first-order chi connectivity index (χ1) is 15.1. The summed E-state index contributed by atoms with van der Waals surface area (Å²) in [5, 5.41) is 3.19. The Morgan fingerprint density at radius 1 is 0.969 bits per heavy atom. The third kappa shape index (κ3) is 5.50. The lowest BCUT2D eigenvalue weighted by molar-refractivity contribution is -0.114. The molecule has 0 unspecified atom stereocenters. The van der Waals surface area contributed by atoms with E-state index in [0.29, 0.717) is 27.9 Å². The van der Waals surface area contributed by atoms with Gasteiger partial charge in [0.2, 0.25) is 5.91 Å². The Hall–Kier alpha value is -2.83. The summed E-state index contributed by atoms with van der Waals surface area (Å²) in [5.74, 6) is -0.0712. The van der Waals surface area contributed by atoms with Crippen LogP contribution in [0.5, 0.6) is 0 Å². The number of hydrogen-bond acceptors (Lipinski definition) is 3. The van der Waals surface area contributed by atoms with Crippen LogP contribution in [-0.4, -0.2) is 20.9 Å². The molecule has 7 heteroatoms. The summed E-state index contributed by atoms with van der Waals surface area (Å²) < 4.78 is 28.1. The highest BCUT2D eigenvalue weighted by molar-refractivity contribution is 7.92. The number of carbonyl (C=O) groups is 1. The number of anilines is 2. The smallest absolute Gasteiger partial charge is 0.264 e. The van der Waals surface area contributed by atoms with Crippen molar-refractivity contribution in [1.29, 1.82) is 0 Å². The molecule has 5 nitrogen and oxygen atoms in total. The van der Waals surface area contributed by atoms with Crippen molar-refractivity contribution in [1.82, 2.24) is 0 Å². The van der Waals surface area contributed by atoms with Gasteiger partial charge in [0, 0.05) is 10.7 Å². The summed E-state index contributed by atoms with van der Waals surface area (Å²) in [7, 11) is -4.00. The maximum absolute atomic E-state index is 13.5. The fourth-order valence-electron chi connectivity index (χ4n) is 3.27. The third-order valence-electron chi connectivity index (χ3n) is 5.20. The van der Waals surface area contributed by atoms with Crippen LogP contribution in [0.4, 0.5) is 11.4 Å². The maximum atomic E-state index is 13.5. The first-order valence-corrected chi connectivity index (χ1v) is 12.1. The molecule has 0 radical (unpaired) electrons. The predicted octanol–water partition coefficient (Wildman–Crippen LogP) is 5.91. The van der Waals surface area contributed by atoms with Crippen molar-refractivity contribution in [2.75, 3.05) is 16.2 Å². The second-order valence-corrected chi connectivity index (χ2v) is 10.4. The highest BCUT2D eigenvalue weighted by atomic mass is 35.5. The molecule has 0 saturated heterocycles. The number of nitrogens with one attached hydrogen (secondary N) is 1. The summed E-state index contributed by atoms with van der Waals surface area (Å²) in [6, 6.07) is 19.1. The summed E-state index contributed by atoms with van der Waals surface area (Å²) in [6.07, 6.45) is 0. The molecular weight excluding hydrogens is 444 g/mol. The van der Waals surface area contributed by atoms with Gasteiger partial charge in [-0.25, -0.2) is 8.42 Å². The zero-order chi connectivity index (χ0) is 23.5. The zero-order valence-corrected chi connectivity index (χ0v) is 20.2. The second kappa shape index (κ2) is 9.76. The Labute approximate surface area is 195 Å². The zero-order valence-electron chi connectivity index (χ0n) is 18.6. The quantitative estimate of drug-likeness (QED) is 0.466. The number of hydrogen-bond donors (Lipinski definition) is 1. The standard InChI is InChI=1S/C25H27ClN2O3S/c1-17(2)20-8-11-22(12-9-20)27-25(29)16-28(24-15-21(26)10-7-19(24)4)32(30,31)23-13-5-18(3)6-14-23/h5-15,17H,16H2,1-4H3,(H,27,29). The van der Waals surface area contributed by atoms with Gasteiger partial charge in [-0.05, 0) is 67.3 Å². The van der Waals surface area contributed by atoms with Crippen LogP contribution >= 0.6 is 11.6 Å². The molecule has 0 atom stereocenters. The molecule has 1 amide bonds. The van der Waals surface area contributed by atoms with Crippen LogP contribution in [0.25, 0.3) is 0 Å². The molecule has 1 N–H and O–H groups in total. The average molecular weight is 471 g/mol. The lowest BCUT2D eigenvalue weighted by Crippen LogP contribution is -2.38. The fraction of sp³-hybridized carbons (Fsp3) is 0.240. The maximum Gasteiger partial charge on any atom is 0.264 e. The first-order valence-electron chi connectivity index (χ1n) is 10.3.